The number of carbonyl (C=O) groups excluding carboxylic acids is 2. The van der Waals surface area contributed by atoms with Gasteiger partial charge < -0.3 is 15.4 Å². The van der Waals surface area contributed by atoms with Gasteiger partial charge in [0.25, 0.3) is 11.8 Å². The molecule has 2 amide bonds. The van der Waals surface area contributed by atoms with E-state index in [1.807, 2.05) is 7.05 Å². The lowest BCUT2D eigenvalue weighted by Crippen LogP contribution is -2.36. The van der Waals surface area contributed by atoms with Crippen molar-refractivity contribution in [2.75, 3.05) is 13.7 Å². The summed E-state index contributed by atoms with van der Waals surface area (Å²) in [5.74, 6) is 0.524. The second kappa shape index (κ2) is 5.94. The zero-order chi connectivity index (χ0) is 14.7. The summed E-state index contributed by atoms with van der Waals surface area (Å²) in [7, 11) is 1.82. The molecule has 0 spiro atoms. The van der Waals surface area contributed by atoms with E-state index >= 15 is 0 Å². The van der Waals surface area contributed by atoms with Crippen molar-refractivity contribution in [3.8, 4) is 5.75 Å². The highest BCUT2D eigenvalue weighted by Gasteiger charge is 2.32. The Hall–Kier alpha value is -2.04. The van der Waals surface area contributed by atoms with Gasteiger partial charge in [0.2, 0.25) is 0 Å². The smallest absolute Gasteiger partial charge is 0.255 e. The van der Waals surface area contributed by atoms with Crippen LogP contribution in [0.25, 0.3) is 0 Å². The number of carbonyl (C=O) groups is 2. The van der Waals surface area contributed by atoms with Crippen LogP contribution in [0.2, 0.25) is 0 Å². The maximum Gasteiger partial charge on any atom is 0.255 e. The van der Waals surface area contributed by atoms with Crippen molar-refractivity contribution >= 4 is 11.8 Å². The Labute approximate surface area is 118 Å². The molecule has 2 rings (SSSR count). The molecule has 0 bridgehead atoms. The lowest BCUT2D eigenvalue weighted by atomic mass is 10.1. The van der Waals surface area contributed by atoms with Crippen molar-refractivity contribution < 1.29 is 14.3 Å². The minimum Gasteiger partial charge on any atom is -0.484 e. The summed E-state index contributed by atoms with van der Waals surface area (Å²) < 4.78 is 5.21. The van der Waals surface area contributed by atoms with Crippen LogP contribution in [0.15, 0.2) is 24.3 Å². The van der Waals surface area contributed by atoms with Gasteiger partial charge in [-0.05, 0) is 43.9 Å². The number of ether oxygens (including phenoxy) is 1. The van der Waals surface area contributed by atoms with E-state index in [-0.39, 0.29) is 18.6 Å². The largest absolute Gasteiger partial charge is 0.484 e. The summed E-state index contributed by atoms with van der Waals surface area (Å²) in [4.78, 5) is 24.8. The third kappa shape index (κ3) is 3.50. The summed E-state index contributed by atoms with van der Waals surface area (Å²) in [6.07, 6.45) is 2.39. The Morgan fingerprint density at radius 3 is 2.75 bits per heavy atom. The van der Waals surface area contributed by atoms with E-state index in [0.29, 0.717) is 17.2 Å². The number of hydrogen-bond acceptors (Lipinski definition) is 3. The quantitative estimate of drug-likeness (QED) is 0.854. The third-order valence-corrected chi connectivity index (χ3v) is 3.70. The first kappa shape index (κ1) is 14.4. The molecular weight excluding hydrogens is 256 g/mol. The van der Waals surface area contributed by atoms with Gasteiger partial charge in [0, 0.05) is 18.7 Å². The van der Waals surface area contributed by atoms with E-state index in [1.54, 1.807) is 29.2 Å². The van der Waals surface area contributed by atoms with Crippen LogP contribution in [0.1, 0.15) is 30.1 Å². The maximum atomic E-state index is 12.4. The molecule has 5 nitrogen and oxygen atoms in total. The molecular formula is C15H20N2O3. The molecule has 1 aromatic rings. The molecule has 108 valence electrons. The molecule has 1 atom stereocenters. The van der Waals surface area contributed by atoms with E-state index in [2.05, 4.69) is 6.92 Å². The Balaban J connectivity index is 2.05. The average molecular weight is 276 g/mol. The summed E-state index contributed by atoms with van der Waals surface area (Å²) in [5.41, 5.74) is 5.58. The fraction of sp³-hybridized carbons (Fsp3) is 0.467. The van der Waals surface area contributed by atoms with E-state index in [0.717, 1.165) is 0 Å². The van der Waals surface area contributed by atoms with Crippen molar-refractivity contribution in [2.24, 2.45) is 11.7 Å². The summed E-state index contributed by atoms with van der Waals surface area (Å²) in [5, 5.41) is 0. The zero-order valence-corrected chi connectivity index (χ0v) is 11.8. The van der Waals surface area contributed by atoms with Gasteiger partial charge in [0.15, 0.2) is 6.61 Å². The number of hydrogen-bond donors (Lipinski definition) is 1. The highest BCUT2D eigenvalue weighted by molar-refractivity contribution is 5.94. The molecule has 1 aliphatic rings. The van der Waals surface area contributed by atoms with Gasteiger partial charge in [-0.1, -0.05) is 6.07 Å². The third-order valence-electron chi connectivity index (χ3n) is 3.70. The van der Waals surface area contributed by atoms with Crippen LogP contribution in [-0.2, 0) is 4.79 Å². The number of amides is 2. The topological polar surface area (TPSA) is 72.6 Å². The Bertz CT molecular complexity index is 512. The van der Waals surface area contributed by atoms with Crippen molar-refractivity contribution in [3.63, 3.8) is 0 Å². The molecule has 1 saturated carbocycles. The molecule has 1 aliphatic carbocycles. The molecule has 0 aliphatic heterocycles. The maximum absolute atomic E-state index is 12.4. The zero-order valence-electron chi connectivity index (χ0n) is 11.8. The first-order valence-electron chi connectivity index (χ1n) is 6.77. The van der Waals surface area contributed by atoms with Gasteiger partial charge >= 0.3 is 0 Å². The number of nitrogens with two attached hydrogens (primary N) is 1. The van der Waals surface area contributed by atoms with E-state index < -0.39 is 5.91 Å². The predicted molar refractivity (Wildman–Crippen MR) is 75.4 cm³/mol. The van der Waals surface area contributed by atoms with Gasteiger partial charge in [-0.15, -0.1) is 0 Å². The monoisotopic (exact) mass is 276 g/mol. The number of rotatable bonds is 6. The predicted octanol–water partition coefficient (Wildman–Crippen LogP) is 1.42. The highest BCUT2D eigenvalue weighted by atomic mass is 16.5. The SMILES string of the molecule is CC(C1CC1)N(C)C(=O)c1cccc(OCC(N)=O)c1. The Morgan fingerprint density at radius 1 is 1.45 bits per heavy atom. The molecule has 0 aromatic heterocycles. The first-order valence-corrected chi connectivity index (χ1v) is 6.77. The van der Waals surface area contributed by atoms with Gasteiger partial charge in [-0.25, -0.2) is 0 Å². The molecule has 0 saturated heterocycles. The highest BCUT2D eigenvalue weighted by Crippen LogP contribution is 2.35. The summed E-state index contributed by atoms with van der Waals surface area (Å²) >= 11 is 0. The molecule has 1 unspecified atom stereocenters. The number of primary amides is 1. The molecule has 0 heterocycles. The van der Waals surface area contributed by atoms with Gasteiger partial charge in [-0.3, -0.25) is 9.59 Å². The molecule has 1 fully saturated rings. The van der Waals surface area contributed by atoms with Crippen molar-refractivity contribution in [1.29, 1.82) is 0 Å². The minimum atomic E-state index is -0.541. The van der Waals surface area contributed by atoms with Crippen LogP contribution < -0.4 is 10.5 Å². The lowest BCUT2D eigenvalue weighted by molar-refractivity contribution is -0.119. The van der Waals surface area contributed by atoms with E-state index in [9.17, 15) is 9.59 Å². The van der Waals surface area contributed by atoms with Crippen LogP contribution >= 0.6 is 0 Å². The van der Waals surface area contributed by atoms with E-state index in [4.69, 9.17) is 10.5 Å². The van der Waals surface area contributed by atoms with E-state index in [1.165, 1.54) is 12.8 Å². The minimum absolute atomic E-state index is 0.0334. The fourth-order valence-electron chi connectivity index (χ4n) is 2.16. The second-order valence-electron chi connectivity index (χ2n) is 5.28. The fourth-order valence-corrected chi connectivity index (χ4v) is 2.16. The van der Waals surface area contributed by atoms with Gasteiger partial charge in [0.1, 0.15) is 5.75 Å². The first-order chi connectivity index (χ1) is 9.49. The molecule has 0 radical (unpaired) electrons. The van der Waals surface area contributed by atoms with Crippen LogP contribution in [0.5, 0.6) is 5.75 Å². The Morgan fingerprint density at radius 2 is 2.15 bits per heavy atom. The number of nitrogens with zero attached hydrogens (tertiary/aromatic N) is 1. The lowest BCUT2D eigenvalue weighted by Gasteiger charge is -2.25. The second-order valence-corrected chi connectivity index (χ2v) is 5.28. The van der Waals surface area contributed by atoms with Crippen LogP contribution in [0.4, 0.5) is 0 Å². The summed E-state index contributed by atoms with van der Waals surface area (Å²) in [6.45, 7) is 1.88. The van der Waals surface area contributed by atoms with Crippen molar-refractivity contribution in [2.45, 2.75) is 25.8 Å². The molecule has 20 heavy (non-hydrogen) atoms. The standard InChI is InChI=1S/C15H20N2O3/c1-10(11-6-7-11)17(2)15(19)12-4-3-5-13(8-12)20-9-14(16)18/h3-5,8,10-11H,6-7,9H2,1-2H3,(H2,16,18). The van der Waals surface area contributed by atoms with Gasteiger partial charge in [-0.2, -0.15) is 0 Å². The van der Waals surface area contributed by atoms with Gasteiger partial charge in [0.05, 0.1) is 0 Å². The van der Waals surface area contributed by atoms with Crippen LogP contribution in [0.3, 0.4) is 0 Å². The molecule has 2 N–H and O–H groups in total. The Kier molecular flexibility index (Phi) is 4.27. The average Bonchev–Trinajstić information content (AvgIpc) is 3.27. The summed E-state index contributed by atoms with van der Waals surface area (Å²) in [6, 6.07) is 7.07. The van der Waals surface area contributed by atoms with Crippen LogP contribution in [0, 0.1) is 5.92 Å². The van der Waals surface area contributed by atoms with Crippen LogP contribution in [-0.4, -0.2) is 36.4 Å². The number of benzene rings is 1. The normalized spacial score (nSPS) is 15.5. The molecule has 1 aromatic carbocycles. The van der Waals surface area contributed by atoms with Crippen molar-refractivity contribution in [3.05, 3.63) is 29.8 Å². The van der Waals surface area contributed by atoms with Crippen molar-refractivity contribution in [1.82, 2.24) is 4.90 Å². The molecule has 5 heteroatoms.